The van der Waals surface area contributed by atoms with Gasteiger partial charge in [-0.2, -0.15) is 0 Å². The average Bonchev–Trinajstić information content (AvgIpc) is 2.64. The third-order valence-corrected chi connectivity index (χ3v) is 4.94. The highest BCUT2D eigenvalue weighted by Crippen LogP contribution is 2.44. The fourth-order valence-corrected chi connectivity index (χ4v) is 3.36. The van der Waals surface area contributed by atoms with E-state index < -0.39 is 0 Å². The Morgan fingerprint density at radius 2 is 2.22 bits per heavy atom. The Morgan fingerprint density at radius 1 is 1.44 bits per heavy atom. The Labute approximate surface area is 119 Å². The summed E-state index contributed by atoms with van der Waals surface area (Å²) in [5.41, 5.74) is 0.985. The van der Waals surface area contributed by atoms with Crippen molar-refractivity contribution in [1.82, 2.24) is 0 Å². The molecule has 1 aliphatic heterocycles. The minimum Gasteiger partial charge on any atom is -0.379 e. The van der Waals surface area contributed by atoms with Crippen molar-refractivity contribution in [1.29, 1.82) is 0 Å². The molecule has 1 amide bonds. The van der Waals surface area contributed by atoms with E-state index in [4.69, 9.17) is 0 Å². The smallest absolute Gasteiger partial charge is 0.232 e. The summed E-state index contributed by atoms with van der Waals surface area (Å²) in [6, 6.07) is 3.25. The summed E-state index contributed by atoms with van der Waals surface area (Å²) in [5, 5.41) is 6.26. The molecule has 1 saturated carbocycles. The van der Waals surface area contributed by atoms with Crippen LogP contribution in [0.5, 0.6) is 0 Å². The van der Waals surface area contributed by atoms with Gasteiger partial charge in [0.25, 0.3) is 0 Å². The zero-order valence-corrected chi connectivity index (χ0v) is 12.2. The molecule has 1 heterocycles. The summed E-state index contributed by atoms with van der Waals surface area (Å²) < 4.78 is 14.1. The zero-order chi connectivity index (χ0) is 12.9. The molecule has 1 fully saturated rings. The number of benzene rings is 1. The molecule has 3 rings (SSSR count). The molecule has 1 aromatic rings. The molecule has 0 bridgehead atoms. The van der Waals surface area contributed by atoms with E-state index in [2.05, 4.69) is 10.6 Å². The van der Waals surface area contributed by atoms with E-state index in [9.17, 15) is 9.18 Å². The van der Waals surface area contributed by atoms with Crippen LogP contribution in [-0.4, -0.2) is 11.9 Å². The van der Waals surface area contributed by atoms with E-state index in [1.807, 2.05) is 29.5 Å². The van der Waals surface area contributed by atoms with Crippen LogP contribution in [0.15, 0.2) is 12.1 Å². The molecule has 0 spiro atoms. The van der Waals surface area contributed by atoms with E-state index >= 15 is 0 Å². The first kappa shape index (κ1) is 12.2. The van der Waals surface area contributed by atoms with Gasteiger partial charge in [0.2, 0.25) is 5.91 Å². The number of amides is 1. The van der Waals surface area contributed by atoms with Crippen molar-refractivity contribution in [2.75, 3.05) is 10.6 Å². The van der Waals surface area contributed by atoms with Crippen LogP contribution < -0.4 is 10.6 Å². The molecule has 2 unspecified atom stereocenters. The van der Waals surface area contributed by atoms with Crippen LogP contribution in [0.1, 0.15) is 26.2 Å². The lowest BCUT2D eigenvalue weighted by atomic mass is 9.84. The van der Waals surface area contributed by atoms with Gasteiger partial charge >= 0.3 is 0 Å². The van der Waals surface area contributed by atoms with Gasteiger partial charge in [-0.25, -0.2) is 4.39 Å². The van der Waals surface area contributed by atoms with Crippen molar-refractivity contribution in [3.05, 3.63) is 21.5 Å². The number of carbonyl (C=O) groups excluding carboxylic acids is 1. The van der Waals surface area contributed by atoms with Gasteiger partial charge in [0.15, 0.2) is 0 Å². The predicted molar refractivity (Wildman–Crippen MR) is 77.1 cm³/mol. The van der Waals surface area contributed by atoms with Gasteiger partial charge in [0.05, 0.1) is 20.4 Å². The van der Waals surface area contributed by atoms with Gasteiger partial charge in [-0.3, -0.25) is 4.79 Å². The molecule has 96 valence electrons. The Morgan fingerprint density at radius 3 is 3.00 bits per heavy atom. The molecule has 0 radical (unpaired) electrons. The minimum atomic E-state index is -0.388. The van der Waals surface area contributed by atoms with E-state index in [0.29, 0.717) is 14.9 Å². The number of halogens is 2. The molecule has 5 heteroatoms. The van der Waals surface area contributed by atoms with Crippen LogP contribution in [0.4, 0.5) is 15.8 Å². The van der Waals surface area contributed by atoms with Gasteiger partial charge < -0.3 is 10.6 Å². The molecule has 3 nitrogen and oxygen atoms in total. The van der Waals surface area contributed by atoms with Crippen molar-refractivity contribution in [3.63, 3.8) is 0 Å². The first-order chi connectivity index (χ1) is 8.50. The Kier molecular flexibility index (Phi) is 2.76. The van der Waals surface area contributed by atoms with Crippen molar-refractivity contribution < 1.29 is 9.18 Å². The SMILES string of the molecule is CC12CCCC1Nc1cc(F)c(I)cc1NC2=O. The second-order valence-electron chi connectivity index (χ2n) is 5.27. The van der Waals surface area contributed by atoms with Gasteiger partial charge in [-0.1, -0.05) is 6.42 Å². The zero-order valence-electron chi connectivity index (χ0n) is 10.0. The second-order valence-corrected chi connectivity index (χ2v) is 6.43. The van der Waals surface area contributed by atoms with Crippen LogP contribution >= 0.6 is 22.6 Å². The summed E-state index contributed by atoms with van der Waals surface area (Å²) in [6.07, 6.45) is 2.87. The van der Waals surface area contributed by atoms with Gasteiger partial charge in [0, 0.05) is 12.1 Å². The lowest BCUT2D eigenvalue weighted by Crippen LogP contribution is -2.41. The number of nitrogens with one attached hydrogen (secondary N) is 2. The van der Waals surface area contributed by atoms with Crippen LogP contribution in [0.3, 0.4) is 0 Å². The highest BCUT2D eigenvalue weighted by molar-refractivity contribution is 14.1. The topological polar surface area (TPSA) is 41.1 Å². The molecular weight excluding hydrogens is 346 g/mol. The average molecular weight is 360 g/mol. The number of rotatable bonds is 0. The largest absolute Gasteiger partial charge is 0.379 e. The lowest BCUT2D eigenvalue weighted by molar-refractivity contribution is -0.124. The third-order valence-electron chi connectivity index (χ3n) is 4.12. The molecule has 0 saturated heterocycles. The van der Waals surface area contributed by atoms with Gasteiger partial charge in [-0.05, 0) is 48.4 Å². The van der Waals surface area contributed by atoms with Crippen molar-refractivity contribution in [2.24, 2.45) is 5.41 Å². The molecule has 2 atom stereocenters. The normalized spacial score (nSPS) is 29.9. The van der Waals surface area contributed by atoms with Crippen LogP contribution in [0, 0.1) is 14.8 Å². The molecule has 0 aromatic heterocycles. The minimum absolute atomic E-state index is 0.0404. The molecule has 1 aromatic carbocycles. The van der Waals surface area contributed by atoms with Gasteiger partial charge in [0.1, 0.15) is 5.82 Å². The van der Waals surface area contributed by atoms with Crippen molar-refractivity contribution in [2.45, 2.75) is 32.2 Å². The van der Waals surface area contributed by atoms with E-state index in [1.54, 1.807) is 6.07 Å². The summed E-state index contributed by atoms with van der Waals surface area (Å²) in [6.45, 7) is 1.99. The lowest BCUT2D eigenvalue weighted by Gasteiger charge is -2.27. The Balaban J connectivity index is 2.08. The standard InChI is InChI=1S/C13H14FIN2O/c1-13-4-2-3-11(13)16-9-5-7(14)8(15)6-10(9)17-12(13)18/h5-6,11,16H,2-4H2,1H3,(H,17,18). The molecule has 2 N–H and O–H groups in total. The first-order valence-corrected chi connectivity index (χ1v) is 7.15. The van der Waals surface area contributed by atoms with Gasteiger partial charge in [-0.15, -0.1) is 0 Å². The highest BCUT2D eigenvalue weighted by atomic mass is 127. The predicted octanol–water partition coefficient (Wildman–Crippen LogP) is 3.35. The molecule has 1 aliphatic carbocycles. The number of hydrogen-bond donors (Lipinski definition) is 2. The van der Waals surface area contributed by atoms with Crippen molar-refractivity contribution in [3.8, 4) is 0 Å². The summed E-state index contributed by atoms with van der Waals surface area (Å²) in [7, 11) is 0. The number of carbonyl (C=O) groups is 1. The Hall–Kier alpha value is -0.850. The first-order valence-electron chi connectivity index (χ1n) is 6.08. The van der Waals surface area contributed by atoms with E-state index in [1.165, 1.54) is 6.07 Å². The third kappa shape index (κ3) is 1.71. The Bertz CT molecular complexity index is 534. The molecular formula is C13H14FIN2O. The maximum atomic E-state index is 13.6. The van der Waals surface area contributed by atoms with Crippen LogP contribution in [-0.2, 0) is 4.79 Å². The van der Waals surface area contributed by atoms with Crippen LogP contribution in [0.25, 0.3) is 0 Å². The monoisotopic (exact) mass is 360 g/mol. The quantitative estimate of drug-likeness (QED) is 0.697. The summed E-state index contributed by atoms with van der Waals surface area (Å²) >= 11 is 1.93. The van der Waals surface area contributed by atoms with E-state index in [0.717, 1.165) is 19.3 Å². The van der Waals surface area contributed by atoms with E-state index in [-0.39, 0.29) is 23.2 Å². The number of anilines is 2. The van der Waals surface area contributed by atoms with Crippen LogP contribution in [0.2, 0.25) is 0 Å². The molecule has 2 aliphatic rings. The maximum absolute atomic E-state index is 13.6. The van der Waals surface area contributed by atoms with Crippen molar-refractivity contribution >= 4 is 39.9 Å². The fourth-order valence-electron chi connectivity index (χ4n) is 2.89. The second kappa shape index (κ2) is 4.08. The number of fused-ring (bicyclic) bond motifs is 2. The summed E-state index contributed by atoms with van der Waals surface area (Å²) in [4.78, 5) is 12.3. The fraction of sp³-hybridized carbons (Fsp3) is 0.462. The number of hydrogen-bond acceptors (Lipinski definition) is 2. The maximum Gasteiger partial charge on any atom is 0.232 e. The highest BCUT2D eigenvalue weighted by Gasteiger charge is 2.46. The summed E-state index contributed by atoms with van der Waals surface area (Å²) in [5.74, 6) is -0.212. The molecule has 18 heavy (non-hydrogen) atoms.